The van der Waals surface area contributed by atoms with Gasteiger partial charge in [-0.25, -0.2) is 0 Å². The summed E-state index contributed by atoms with van der Waals surface area (Å²) in [6.07, 6.45) is 9.85. The summed E-state index contributed by atoms with van der Waals surface area (Å²) in [6, 6.07) is 5.76. The molecule has 2 aliphatic rings. The topological polar surface area (TPSA) is 98.0 Å². The Balaban J connectivity index is 1.44. The molecule has 9 heteroatoms. The number of nitrogens with zero attached hydrogens (tertiary/aromatic N) is 1. The SMILES string of the molecule is CC[C@H]1OB(O)c2cc(OCCCC[C-]=C3CCC(C)(C)n4cc(C(=O)O)c(=O)c([C](C)=[W])c43)ccc21. The third kappa shape index (κ3) is 5.62. The molecule has 0 saturated heterocycles. The Kier molecular flexibility index (Phi) is 8.42. The van der Waals surface area contributed by atoms with Crippen molar-refractivity contribution in [3.05, 3.63) is 63.1 Å². The first kappa shape index (κ1) is 27.7. The van der Waals surface area contributed by atoms with Crippen LogP contribution in [0.25, 0.3) is 5.57 Å². The van der Waals surface area contributed by atoms with E-state index in [1.807, 2.05) is 36.6 Å². The number of unbranched alkanes of at least 4 members (excludes halogenated alkanes) is 2. The van der Waals surface area contributed by atoms with Crippen LogP contribution in [0.3, 0.4) is 0 Å². The third-order valence-corrected chi connectivity index (χ3v) is 7.96. The normalized spacial score (nSPS) is 19.0. The van der Waals surface area contributed by atoms with Gasteiger partial charge in [0.25, 0.3) is 0 Å². The molecule has 196 valence electrons. The van der Waals surface area contributed by atoms with Crippen molar-refractivity contribution in [1.82, 2.24) is 4.57 Å². The van der Waals surface area contributed by atoms with E-state index in [1.54, 1.807) is 0 Å². The van der Waals surface area contributed by atoms with Crippen LogP contribution in [0.15, 0.2) is 29.2 Å². The van der Waals surface area contributed by atoms with Crippen molar-refractivity contribution in [3.63, 3.8) is 0 Å². The fourth-order valence-electron chi connectivity index (χ4n) is 5.13. The molecule has 0 spiro atoms. The van der Waals surface area contributed by atoms with Gasteiger partial charge in [-0.3, -0.25) is 0 Å². The van der Waals surface area contributed by atoms with Gasteiger partial charge in [-0.2, -0.15) is 0 Å². The van der Waals surface area contributed by atoms with Crippen LogP contribution in [0.1, 0.15) is 99.5 Å². The summed E-state index contributed by atoms with van der Waals surface area (Å²) >= 11 is 1.15. The van der Waals surface area contributed by atoms with Gasteiger partial charge in [0, 0.05) is 0 Å². The molecule has 4 rings (SSSR count). The van der Waals surface area contributed by atoms with Crippen LogP contribution < -0.4 is 15.6 Å². The maximum absolute atomic E-state index is 13.1. The quantitative estimate of drug-likeness (QED) is 0.239. The van der Waals surface area contributed by atoms with E-state index in [9.17, 15) is 19.7 Å². The zero-order valence-electron chi connectivity index (χ0n) is 21.8. The molecule has 1 atom stereocenters. The number of carboxylic acid groups (broad SMARTS) is 1. The van der Waals surface area contributed by atoms with Gasteiger partial charge in [0.2, 0.25) is 0 Å². The predicted octanol–water partition coefficient (Wildman–Crippen LogP) is 3.77. The van der Waals surface area contributed by atoms with Crippen LogP contribution in [0.5, 0.6) is 5.75 Å². The van der Waals surface area contributed by atoms with Crippen LogP contribution in [-0.4, -0.2) is 38.3 Å². The molecule has 0 fully saturated rings. The summed E-state index contributed by atoms with van der Waals surface area (Å²) < 4.78 is 14.4. The Hall–Kier alpha value is -2.28. The van der Waals surface area contributed by atoms with E-state index in [2.05, 4.69) is 19.9 Å². The minimum absolute atomic E-state index is 0.0688. The van der Waals surface area contributed by atoms with Crippen molar-refractivity contribution < 1.29 is 43.7 Å². The van der Waals surface area contributed by atoms with Gasteiger partial charge in [0.05, 0.1) is 6.10 Å². The number of fused-ring (bicyclic) bond motifs is 2. The predicted molar refractivity (Wildman–Crippen MR) is 140 cm³/mol. The number of rotatable bonds is 9. The zero-order valence-corrected chi connectivity index (χ0v) is 24.7. The first-order valence-electron chi connectivity index (χ1n) is 12.8. The number of aromatic carboxylic acids is 1. The van der Waals surface area contributed by atoms with Crippen molar-refractivity contribution in [2.24, 2.45) is 0 Å². The summed E-state index contributed by atoms with van der Waals surface area (Å²) in [5.74, 6) is -0.470. The number of hydrogen-bond acceptors (Lipinski definition) is 5. The standard InChI is InChI=1S/C28H33BNO6.W/c1-5-20-25-18(13-14-28(3,4)30(25)17-22(26(20)31)27(32)33)10-8-7-9-15-35-19-11-12-21-23(16-19)29(34)36-24(21)6-2;/h11-12,16-17,24,34H,6-9,13-15H2,1-4H3,(H,32,33);/q-1;/t24-;/m1./s1. The summed E-state index contributed by atoms with van der Waals surface area (Å²) in [7, 11) is -0.900. The van der Waals surface area contributed by atoms with Crippen LogP contribution in [0.2, 0.25) is 0 Å². The number of carbonyl (C=O) groups is 1. The van der Waals surface area contributed by atoms with Crippen molar-refractivity contribution >= 4 is 28.0 Å². The van der Waals surface area contributed by atoms with Crippen LogP contribution in [0.4, 0.5) is 0 Å². The first-order chi connectivity index (χ1) is 17.5. The van der Waals surface area contributed by atoms with E-state index >= 15 is 0 Å². The summed E-state index contributed by atoms with van der Waals surface area (Å²) in [5, 5.41) is 19.8. The van der Waals surface area contributed by atoms with Crippen molar-refractivity contribution in [2.75, 3.05) is 6.61 Å². The van der Waals surface area contributed by atoms with Crippen LogP contribution in [0, 0.1) is 6.08 Å². The maximum atomic E-state index is 13.1. The van der Waals surface area contributed by atoms with E-state index in [1.165, 1.54) is 6.20 Å². The number of pyridine rings is 1. The molecule has 0 bridgehead atoms. The number of allylic oxidation sites excluding steroid dienone is 2. The molecule has 3 heterocycles. The van der Waals surface area contributed by atoms with Gasteiger partial charge < -0.3 is 9.68 Å². The second-order valence-electron chi connectivity index (χ2n) is 10.3. The van der Waals surface area contributed by atoms with Gasteiger partial charge in [-0.15, -0.1) is 0 Å². The van der Waals surface area contributed by atoms with Crippen molar-refractivity contribution in [3.8, 4) is 5.75 Å². The summed E-state index contributed by atoms with van der Waals surface area (Å²) in [5.41, 5.74) is 3.24. The average Bonchev–Trinajstić information content (AvgIpc) is 3.16. The molecule has 2 N–H and O–H groups in total. The van der Waals surface area contributed by atoms with Crippen LogP contribution >= 0.6 is 0 Å². The Morgan fingerprint density at radius 2 is 2.11 bits per heavy atom. The Morgan fingerprint density at radius 3 is 2.78 bits per heavy atom. The number of ether oxygens (including phenoxy) is 1. The third-order valence-electron chi connectivity index (χ3n) is 7.23. The smallest absolute Gasteiger partial charge is 0.0532 e. The molecule has 0 saturated carbocycles. The van der Waals surface area contributed by atoms with E-state index in [0.717, 1.165) is 89.8 Å². The summed E-state index contributed by atoms with van der Waals surface area (Å²) in [4.78, 5) is 24.9. The molecule has 1 aromatic carbocycles. The van der Waals surface area contributed by atoms with E-state index in [4.69, 9.17) is 9.39 Å². The number of benzene rings is 1. The number of hydrogen-bond donors (Lipinski definition) is 2. The molecule has 0 amide bonds. The number of aromatic nitrogens is 1. The molecule has 7 nitrogen and oxygen atoms in total. The van der Waals surface area contributed by atoms with Crippen molar-refractivity contribution in [2.45, 2.75) is 77.9 Å². The Morgan fingerprint density at radius 1 is 1.35 bits per heavy atom. The van der Waals surface area contributed by atoms with E-state index < -0.39 is 18.5 Å². The van der Waals surface area contributed by atoms with E-state index in [0.29, 0.717) is 12.2 Å². The first-order valence-corrected chi connectivity index (χ1v) is 14.3. The molecule has 0 unspecified atom stereocenters. The molecular weight excluding hydrogens is 641 g/mol. The molecule has 2 aliphatic heterocycles. The Bertz CT molecular complexity index is 1310. The molecule has 0 radical (unpaired) electrons. The summed E-state index contributed by atoms with van der Waals surface area (Å²) in [6.45, 7) is 8.63. The zero-order chi connectivity index (χ0) is 26.9. The van der Waals surface area contributed by atoms with Crippen molar-refractivity contribution in [1.29, 1.82) is 0 Å². The Labute approximate surface area is 229 Å². The van der Waals surface area contributed by atoms with E-state index in [-0.39, 0.29) is 17.2 Å². The second kappa shape index (κ2) is 11.2. The molecule has 37 heavy (non-hydrogen) atoms. The van der Waals surface area contributed by atoms with Crippen LogP contribution in [-0.2, 0) is 29.5 Å². The molecule has 0 aliphatic carbocycles. The second-order valence-corrected chi connectivity index (χ2v) is 12.5. The van der Waals surface area contributed by atoms with Gasteiger partial charge in [0.1, 0.15) is 0 Å². The average molecular weight is 674 g/mol. The molecule has 1 aromatic heterocycles. The molecular formula is C28H33BNO6W-. The minimum Gasteiger partial charge on any atom is -0.0532 e. The molecule has 2 aromatic rings. The van der Waals surface area contributed by atoms with Gasteiger partial charge >= 0.3 is 183 Å². The van der Waals surface area contributed by atoms with Gasteiger partial charge in [-0.05, 0) is 17.4 Å². The fraction of sp³-hybridized carbons (Fsp3) is 0.464. The van der Waals surface area contributed by atoms with Gasteiger partial charge in [0.15, 0.2) is 0 Å². The van der Waals surface area contributed by atoms with Gasteiger partial charge in [-0.1, -0.05) is 13.0 Å². The fourth-order valence-corrected chi connectivity index (χ4v) is 5.81. The minimum atomic E-state index is -1.19. The number of carboxylic acids is 1. The monoisotopic (exact) mass is 674 g/mol.